The zero-order valence-electron chi connectivity index (χ0n) is 19.1. The third-order valence-corrected chi connectivity index (χ3v) is 7.76. The van der Waals surface area contributed by atoms with Crippen molar-refractivity contribution in [3.63, 3.8) is 0 Å². The molecule has 0 saturated carbocycles. The lowest BCUT2D eigenvalue weighted by Gasteiger charge is -2.36. The normalized spacial score (nSPS) is 15.4. The number of aryl methyl sites for hydroxylation is 1. The molecule has 0 unspecified atom stereocenters. The molecule has 0 atom stereocenters. The number of likely N-dealkylation sites (tertiary alicyclic amines) is 1. The summed E-state index contributed by atoms with van der Waals surface area (Å²) in [6.07, 6.45) is 4.44. The second-order valence-electron chi connectivity index (χ2n) is 9.05. The van der Waals surface area contributed by atoms with Crippen molar-refractivity contribution in [1.82, 2.24) is 14.3 Å². The van der Waals surface area contributed by atoms with Gasteiger partial charge in [-0.25, -0.2) is 13.8 Å². The van der Waals surface area contributed by atoms with Crippen molar-refractivity contribution in [2.24, 2.45) is 5.92 Å². The van der Waals surface area contributed by atoms with Gasteiger partial charge in [-0.05, 0) is 80.6 Å². The summed E-state index contributed by atoms with van der Waals surface area (Å²) in [5.41, 5.74) is 3.75. The molecule has 4 nitrogen and oxygen atoms in total. The van der Waals surface area contributed by atoms with Crippen LogP contribution in [0.25, 0.3) is 4.96 Å². The molecule has 3 heterocycles. The maximum atomic E-state index is 13.6. The van der Waals surface area contributed by atoms with Crippen LogP contribution in [-0.2, 0) is 6.42 Å². The standard InChI is InChI=1S/C27H27F2N3OS/c1-18-24(26(33)32-16-17-34-27(32)30-18)12-15-31-13-10-21(11-14-31)25(19-2-6-22(28)7-3-19)20-4-8-23(29)9-5-20/h2-9,16-17,21,25H,10-15H2,1H3. The van der Waals surface area contributed by atoms with E-state index in [1.54, 1.807) is 10.6 Å². The Bertz CT molecular complexity index is 1280. The molecule has 0 radical (unpaired) electrons. The lowest BCUT2D eigenvalue weighted by molar-refractivity contribution is 0.176. The summed E-state index contributed by atoms with van der Waals surface area (Å²) in [5, 5.41) is 1.89. The van der Waals surface area contributed by atoms with E-state index < -0.39 is 0 Å². The Kier molecular flexibility index (Phi) is 6.57. The fourth-order valence-corrected chi connectivity index (χ4v) is 5.91. The van der Waals surface area contributed by atoms with Gasteiger partial charge in [-0.1, -0.05) is 24.3 Å². The summed E-state index contributed by atoms with van der Waals surface area (Å²) >= 11 is 1.47. The number of piperidine rings is 1. The van der Waals surface area contributed by atoms with E-state index in [0.717, 1.165) is 59.8 Å². The third kappa shape index (κ3) is 4.68. The van der Waals surface area contributed by atoms with E-state index in [-0.39, 0.29) is 23.1 Å². The van der Waals surface area contributed by atoms with Crippen LogP contribution in [0.3, 0.4) is 0 Å². The van der Waals surface area contributed by atoms with Crippen LogP contribution in [0.5, 0.6) is 0 Å². The number of nitrogens with zero attached hydrogens (tertiary/aromatic N) is 3. The average Bonchev–Trinajstić information content (AvgIpc) is 3.31. The maximum absolute atomic E-state index is 13.6. The molecule has 34 heavy (non-hydrogen) atoms. The Labute approximate surface area is 201 Å². The highest BCUT2D eigenvalue weighted by molar-refractivity contribution is 7.15. The van der Waals surface area contributed by atoms with Gasteiger partial charge in [0.2, 0.25) is 0 Å². The predicted molar refractivity (Wildman–Crippen MR) is 132 cm³/mol. The van der Waals surface area contributed by atoms with Crippen LogP contribution in [0.1, 0.15) is 41.1 Å². The molecule has 176 valence electrons. The Balaban J connectivity index is 1.28. The summed E-state index contributed by atoms with van der Waals surface area (Å²) in [4.78, 5) is 20.6. The molecule has 1 aliphatic heterocycles. The first-order valence-electron chi connectivity index (χ1n) is 11.7. The number of hydrogen-bond acceptors (Lipinski definition) is 4. The molecule has 0 N–H and O–H groups in total. The molecular formula is C27H27F2N3OS. The second-order valence-corrected chi connectivity index (χ2v) is 9.92. The minimum absolute atomic E-state index is 0.0336. The van der Waals surface area contributed by atoms with Gasteiger partial charge in [0.1, 0.15) is 11.6 Å². The van der Waals surface area contributed by atoms with E-state index in [1.807, 2.05) is 36.6 Å². The van der Waals surface area contributed by atoms with Gasteiger partial charge in [-0.3, -0.25) is 9.20 Å². The van der Waals surface area contributed by atoms with Crippen molar-refractivity contribution in [3.8, 4) is 0 Å². The van der Waals surface area contributed by atoms with Gasteiger partial charge in [-0.2, -0.15) is 0 Å². The summed E-state index contributed by atoms with van der Waals surface area (Å²) in [7, 11) is 0. The average molecular weight is 480 g/mol. The molecule has 0 bridgehead atoms. The summed E-state index contributed by atoms with van der Waals surface area (Å²) in [5.74, 6) is -0.0284. The number of thiazole rings is 1. The lowest BCUT2D eigenvalue weighted by atomic mass is 9.76. The van der Waals surface area contributed by atoms with Gasteiger partial charge in [0.25, 0.3) is 5.56 Å². The van der Waals surface area contributed by atoms with E-state index in [4.69, 9.17) is 0 Å². The first-order valence-corrected chi connectivity index (χ1v) is 12.6. The minimum Gasteiger partial charge on any atom is -0.303 e. The number of halogens is 2. The molecule has 1 fully saturated rings. The molecule has 2 aromatic heterocycles. The van der Waals surface area contributed by atoms with Gasteiger partial charge in [0.15, 0.2) is 4.96 Å². The summed E-state index contributed by atoms with van der Waals surface area (Å²) in [6, 6.07) is 13.4. The molecule has 1 saturated heterocycles. The second kappa shape index (κ2) is 9.76. The van der Waals surface area contributed by atoms with Gasteiger partial charge in [0.05, 0.1) is 0 Å². The Hall–Kier alpha value is -2.90. The summed E-state index contributed by atoms with van der Waals surface area (Å²) in [6.45, 7) is 4.59. The zero-order chi connectivity index (χ0) is 23.7. The highest BCUT2D eigenvalue weighted by Crippen LogP contribution is 2.38. The van der Waals surface area contributed by atoms with Gasteiger partial charge in [-0.15, -0.1) is 11.3 Å². The number of benzene rings is 2. The molecule has 4 aromatic rings. The van der Waals surface area contributed by atoms with Gasteiger partial charge < -0.3 is 4.90 Å². The Morgan fingerprint density at radius 1 is 1.00 bits per heavy atom. The van der Waals surface area contributed by atoms with Crippen molar-refractivity contribution in [2.45, 2.75) is 32.1 Å². The molecule has 0 aliphatic carbocycles. The van der Waals surface area contributed by atoms with Crippen molar-refractivity contribution >= 4 is 16.3 Å². The van der Waals surface area contributed by atoms with E-state index >= 15 is 0 Å². The highest BCUT2D eigenvalue weighted by Gasteiger charge is 2.29. The number of aromatic nitrogens is 2. The van der Waals surface area contributed by atoms with E-state index in [1.165, 1.54) is 35.6 Å². The molecule has 2 aromatic carbocycles. The van der Waals surface area contributed by atoms with Crippen LogP contribution >= 0.6 is 11.3 Å². The van der Waals surface area contributed by atoms with Crippen molar-refractivity contribution in [3.05, 3.63) is 104 Å². The van der Waals surface area contributed by atoms with Crippen molar-refractivity contribution in [2.75, 3.05) is 19.6 Å². The fraction of sp³-hybridized carbons (Fsp3) is 0.333. The largest absolute Gasteiger partial charge is 0.303 e. The monoisotopic (exact) mass is 479 g/mol. The molecule has 1 aliphatic rings. The molecule has 0 spiro atoms. The molecule has 5 rings (SSSR count). The van der Waals surface area contributed by atoms with Crippen molar-refractivity contribution < 1.29 is 8.78 Å². The topological polar surface area (TPSA) is 37.6 Å². The van der Waals surface area contributed by atoms with Crippen LogP contribution in [0.4, 0.5) is 8.78 Å². The van der Waals surface area contributed by atoms with E-state index in [0.29, 0.717) is 12.3 Å². The first kappa shape index (κ1) is 22.9. The van der Waals surface area contributed by atoms with E-state index in [2.05, 4.69) is 9.88 Å². The Morgan fingerprint density at radius 3 is 2.18 bits per heavy atom. The van der Waals surface area contributed by atoms with Crippen LogP contribution in [0, 0.1) is 24.5 Å². The first-order chi connectivity index (χ1) is 16.5. The predicted octanol–water partition coefficient (Wildman–Crippen LogP) is 5.43. The minimum atomic E-state index is -0.252. The van der Waals surface area contributed by atoms with Crippen LogP contribution < -0.4 is 5.56 Å². The zero-order valence-corrected chi connectivity index (χ0v) is 19.9. The number of fused-ring (bicyclic) bond motifs is 1. The van der Waals surface area contributed by atoms with Crippen LogP contribution in [0.2, 0.25) is 0 Å². The Morgan fingerprint density at radius 2 is 1.59 bits per heavy atom. The van der Waals surface area contributed by atoms with Crippen LogP contribution in [0.15, 0.2) is 64.9 Å². The fourth-order valence-electron chi connectivity index (χ4n) is 5.16. The smallest absolute Gasteiger partial charge is 0.261 e. The number of rotatable bonds is 6. The molecular weight excluding hydrogens is 452 g/mol. The molecule has 0 amide bonds. The quantitative estimate of drug-likeness (QED) is 0.370. The summed E-state index contributed by atoms with van der Waals surface area (Å²) < 4.78 is 28.8. The van der Waals surface area contributed by atoms with Crippen LogP contribution in [-0.4, -0.2) is 33.9 Å². The third-order valence-electron chi connectivity index (χ3n) is 7.01. The lowest BCUT2D eigenvalue weighted by Crippen LogP contribution is -2.37. The van der Waals surface area contributed by atoms with Gasteiger partial charge >= 0.3 is 0 Å². The SMILES string of the molecule is Cc1nc2sccn2c(=O)c1CCN1CCC(C(c2ccc(F)cc2)c2ccc(F)cc2)CC1. The molecule has 7 heteroatoms. The maximum Gasteiger partial charge on any atom is 0.261 e. The van der Waals surface area contributed by atoms with Crippen molar-refractivity contribution in [1.29, 1.82) is 0 Å². The van der Waals surface area contributed by atoms with Gasteiger partial charge in [0, 0.05) is 35.3 Å². The number of hydrogen-bond donors (Lipinski definition) is 0. The highest BCUT2D eigenvalue weighted by atomic mass is 32.1. The van der Waals surface area contributed by atoms with E-state index in [9.17, 15) is 13.6 Å².